The fourth-order valence-corrected chi connectivity index (χ4v) is 4.07. The van der Waals surface area contributed by atoms with Gasteiger partial charge in [0.2, 0.25) is 5.91 Å². The van der Waals surface area contributed by atoms with Crippen LogP contribution in [0.4, 0.5) is 5.82 Å². The SMILES string of the molecule is CC(C)n1nccc1NC(=O)[C@H](C)Sc1nnc(C2CC2)n1Cc1ccccc1. The molecule has 1 atom stereocenters. The van der Waals surface area contributed by atoms with E-state index in [1.54, 1.807) is 10.9 Å². The summed E-state index contributed by atoms with van der Waals surface area (Å²) in [6.45, 7) is 6.68. The molecule has 2 heterocycles. The molecule has 1 aliphatic carbocycles. The molecule has 4 rings (SSSR count). The number of hydrogen-bond donors (Lipinski definition) is 1. The predicted molar refractivity (Wildman–Crippen MR) is 114 cm³/mol. The van der Waals surface area contributed by atoms with E-state index in [2.05, 4.69) is 37.3 Å². The summed E-state index contributed by atoms with van der Waals surface area (Å²) >= 11 is 1.45. The van der Waals surface area contributed by atoms with Crippen molar-refractivity contribution < 1.29 is 4.79 Å². The van der Waals surface area contributed by atoms with Crippen LogP contribution in [0.25, 0.3) is 0 Å². The normalized spacial score (nSPS) is 14.9. The van der Waals surface area contributed by atoms with Gasteiger partial charge in [-0.05, 0) is 39.2 Å². The average Bonchev–Trinajstić information content (AvgIpc) is 3.32. The Hall–Kier alpha value is -2.61. The number of amides is 1. The van der Waals surface area contributed by atoms with Crippen LogP contribution in [-0.2, 0) is 11.3 Å². The van der Waals surface area contributed by atoms with Crippen molar-refractivity contribution in [2.45, 2.75) is 62.5 Å². The molecule has 3 aromatic rings. The lowest BCUT2D eigenvalue weighted by Crippen LogP contribution is -2.25. The zero-order valence-electron chi connectivity index (χ0n) is 16.9. The minimum Gasteiger partial charge on any atom is -0.310 e. The van der Waals surface area contributed by atoms with Crippen LogP contribution in [0.15, 0.2) is 47.8 Å². The van der Waals surface area contributed by atoms with E-state index in [1.165, 1.54) is 17.3 Å². The molecule has 29 heavy (non-hydrogen) atoms. The van der Waals surface area contributed by atoms with Gasteiger partial charge in [-0.25, -0.2) is 4.68 Å². The van der Waals surface area contributed by atoms with Crippen LogP contribution in [0.2, 0.25) is 0 Å². The van der Waals surface area contributed by atoms with Gasteiger partial charge in [0, 0.05) is 18.0 Å². The summed E-state index contributed by atoms with van der Waals surface area (Å²) in [5.41, 5.74) is 1.20. The number of thioether (sulfide) groups is 1. The number of nitrogens with one attached hydrogen (secondary N) is 1. The van der Waals surface area contributed by atoms with E-state index in [1.807, 2.05) is 45.0 Å². The van der Waals surface area contributed by atoms with Crippen LogP contribution in [0, 0.1) is 0 Å². The van der Waals surface area contributed by atoms with E-state index in [0.717, 1.165) is 30.4 Å². The molecule has 152 valence electrons. The van der Waals surface area contributed by atoms with Crippen LogP contribution in [-0.4, -0.2) is 35.7 Å². The third-order valence-corrected chi connectivity index (χ3v) is 6.01. The Kier molecular flexibility index (Phi) is 5.71. The van der Waals surface area contributed by atoms with Gasteiger partial charge in [0.05, 0.1) is 18.0 Å². The van der Waals surface area contributed by atoms with E-state index < -0.39 is 0 Å². The third kappa shape index (κ3) is 4.53. The maximum absolute atomic E-state index is 12.8. The van der Waals surface area contributed by atoms with Crippen LogP contribution in [0.1, 0.15) is 57.0 Å². The molecule has 0 bridgehead atoms. The number of rotatable bonds is 8. The Morgan fingerprint density at radius 3 is 2.62 bits per heavy atom. The van der Waals surface area contributed by atoms with Gasteiger partial charge in [-0.1, -0.05) is 42.1 Å². The minimum atomic E-state index is -0.309. The Morgan fingerprint density at radius 2 is 1.93 bits per heavy atom. The second-order valence-corrected chi connectivity index (χ2v) is 9.00. The number of hydrogen-bond acceptors (Lipinski definition) is 5. The van der Waals surface area contributed by atoms with Gasteiger partial charge >= 0.3 is 0 Å². The summed E-state index contributed by atoms with van der Waals surface area (Å²) in [6, 6.07) is 12.3. The molecule has 1 fully saturated rings. The highest BCUT2D eigenvalue weighted by Gasteiger charge is 2.31. The Bertz CT molecular complexity index is 976. The fourth-order valence-electron chi connectivity index (χ4n) is 3.21. The first kappa shape index (κ1) is 19.7. The number of carbonyl (C=O) groups is 1. The lowest BCUT2D eigenvalue weighted by molar-refractivity contribution is -0.115. The van der Waals surface area contributed by atoms with Crippen LogP contribution >= 0.6 is 11.8 Å². The van der Waals surface area contributed by atoms with Crippen molar-refractivity contribution in [3.8, 4) is 0 Å². The Morgan fingerprint density at radius 1 is 1.17 bits per heavy atom. The molecule has 0 aliphatic heterocycles. The van der Waals surface area contributed by atoms with Gasteiger partial charge in [0.25, 0.3) is 0 Å². The molecule has 1 amide bonds. The Labute approximate surface area is 174 Å². The molecule has 7 nitrogen and oxygen atoms in total. The van der Waals surface area contributed by atoms with E-state index in [9.17, 15) is 4.79 Å². The van der Waals surface area contributed by atoms with E-state index in [0.29, 0.717) is 11.7 Å². The summed E-state index contributed by atoms with van der Waals surface area (Å²) in [7, 11) is 0. The summed E-state index contributed by atoms with van der Waals surface area (Å²) < 4.78 is 3.97. The van der Waals surface area contributed by atoms with Crippen molar-refractivity contribution in [3.05, 3.63) is 54.0 Å². The molecular weight excluding hydrogens is 384 g/mol. The lowest BCUT2D eigenvalue weighted by atomic mass is 10.2. The number of benzene rings is 1. The first-order chi connectivity index (χ1) is 14.0. The molecule has 0 unspecified atom stereocenters. The van der Waals surface area contributed by atoms with Crippen LogP contribution in [0.5, 0.6) is 0 Å². The van der Waals surface area contributed by atoms with Gasteiger partial charge in [-0.2, -0.15) is 5.10 Å². The van der Waals surface area contributed by atoms with Gasteiger partial charge in [0.15, 0.2) is 5.16 Å². The molecule has 0 saturated heterocycles. The molecule has 1 aliphatic rings. The molecule has 1 aromatic carbocycles. The quantitative estimate of drug-likeness (QED) is 0.566. The predicted octanol–water partition coefficient (Wildman–Crippen LogP) is 4.10. The first-order valence-corrected chi connectivity index (χ1v) is 10.9. The standard InChI is InChI=1S/C21H26N6OS/c1-14(2)27-18(11-12-22-27)23-20(28)15(3)29-21-25-24-19(17-9-10-17)26(21)13-16-7-5-4-6-8-16/h4-8,11-12,14-15,17H,9-10,13H2,1-3H3,(H,23,28)/t15-/m0/s1. The summed E-state index contributed by atoms with van der Waals surface area (Å²) in [4.78, 5) is 12.8. The summed E-state index contributed by atoms with van der Waals surface area (Å²) in [6.07, 6.45) is 4.02. The zero-order chi connectivity index (χ0) is 20.4. The highest BCUT2D eigenvalue weighted by molar-refractivity contribution is 8.00. The Balaban J connectivity index is 1.49. The highest BCUT2D eigenvalue weighted by Crippen LogP contribution is 2.40. The summed E-state index contributed by atoms with van der Waals surface area (Å²) in [5.74, 6) is 2.16. The van der Waals surface area contributed by atoms with Gasteiger partial charge in [-0.3, -0.25) is 4.79 Å². The molecular formula is C21H26N6OS. The van der Waals surface area contributed by atoms with Crippen LogP contribution in [0.3, 0.4) is 0 Å². The van der Waals surface area contributed by atoms with Crippen molar-refractivity contribution in [2.24, 2.45) is 0 Å². The molecule has 2 aromatic heterocycles. The van der Waals surface area contributed by atoms with Gasteiger partial charge in [-0.15, -0.1) is 10.2 Å². The monoisotopic (exact) mass is 410 g/mol. The van der Waals surface area contributed by atoms with Crippen molar-refractivity contribution >= 4 is 23.5 Å². The van der Waals surface area contributed by atoms with E-state index >= 15 is 0 Å². The molecule has 0 spiro atoms. The average molecular weight is 411 g/mol. The number of anilines is 1. The van der Waals surface area contributed by atoms with Gasteiger partial charge < -0.3 is 9.88 Å². The van der Waals surface area contributed by atoms with Crippen molar-refractivity contribution in [1.82, 2.24) is 24.5 Å². The first-order valence-electron chi connectivity index (χ1n) is 10.0. The van der Waals surface area contributed by atoms with Crippen LogP contribution < -0.4 is 5.32 Å². The van der Waals surface area contributed by atoms with E-state index in [-0.39, 0.29) is 17.2 Å². The molecule has 0 radical (unpaired) electrons. The summed E-state index contributed by atoms with van der Waals surface area (Å²) in [5, 5.41) is 16.6. The minimum absolute atomic E-state index is 0.0698. The number of carbonyl (C=O) groups excluding carboxylic acids is 1. The second-order valence-electron chi connectivity index (χ2n) is 7.69. The largest absolute Gasteiger partial charge is 0.310 e. The molecule has 8 heteroatoms. The third-order valence-electron chi connectivity index (χ3n) is 4.93. The topological polar surface area (TPSA) is 77.6 Å². The maximum atomic E-state index is 12.8. The zero-order valence-corrected chi connectivity index (χ0v) is 17.8. The van der Waals surface area contributed by atoms with Crippen molar-refractivity contribution in [2.75, 3.05) is 5.32 Å². The second kappa shape index (κ2) is 8.41. The number of aromatic nitrogens is 5. The molecule has 1 saturated carbocycles. The van der Waals surface area contributed by atoms with Gasteiger partial charge in [0.1, 0.15) is 11.6 Å². The lowest BCUT2D eigenvalue weighted by Gasteiger charge is -2.15. The highest BCUT2D eigenvalue weighted by atomic mass is 32.2. The fraction of sp³-hybridized carbons (Fsp3) is 0.429. The van der Waals surface area contributed by atoms with Crippen molar-refractivity contribution in [1.29, 1.82) is 0 Å². The molecule has 1 N–H and O–H groups in total. The van der Waals surface area contributed by atoms with Crippen molar-refractivity contribution in [3.63, 3.8) is 0 Å². The smallest absolute Gasteiger partial charge is 0.238 e. The maximum Gasteiger partial charge on any atom is 0.238 e. The van der Waals surface area contributed by atoms with E-state index in [4.69, 9.17) is 0 Å². The number of nitrogens with zero attached hydrogens (tertiary/aromatic N) is 5.